The molecule has 182 valence electrons. The highest BCUT2D eigenvalue weighted by Gasteiger charge is 2.22. The van der Waals surface area contributed by atoms with Crippen LogP contribution in [0.2, 0.25) is 0 Å². The second kappa shape index (κ2) is 10.1. The lowest BCUT2D eigenvalue weighted by Gasteiger charge is -2.21. The molecule has 0 fully saturated rings. The fourth-order valence-corrected chi connectivity index (χ4v) is 4.12. The predicted molar refractivity (Wildman–Crippen MR) is 135 cm³/mol. The van der Waals surface area contributed by atoms with E-state index in [1.165, 1.54) is 15.8 Å². The van der Waals surface area contributed by atoms with E-state index in [0.29, 0.717) is 13.2 Å². The number of amides is 1. The Bertz CT molecular complexity index is 1480. The first-order chi connectivity index (χ1) is 16.8. The van der Waals surface area contributed by atoms with Crippen molar-refractivity contribution in [1.82, 2.24) is 18.7 Å². The maximum atomic E-state index is 13.5. The third kappa shape index (κ3) is 4.67. The fourth-order valence-electron chi connectivity index (χ4n) is 4.12. The highest BCUT2D eigenvalue weighted by Crippen LogP contribution is 2.22. The maximum absolute atomic E-state index is 13.5. The third-order valence-corrected chi connectivity index (χ3v) is 6.31. The number of aryl methyl sites for hydroxylation is 1. The molecule has 4 rings (SSSR count). The molecule has 9 heteroatoms. The molecule has 0 atom stereocenters. The highest BCUT2D eigenvalue weighted by atomic mass is 16.5. The van der Waals surface area contributed by atoms with Gasteiger partial charge in [0.2, 0.25) is 5.91 Å². The molecule has 0 saturated carbocycles. The number of hydrogen-bond acceptors (Lipinski definition) is 5. The molecule has 0 saturated heterocycles. The van der Waals surface area contributed by atoms with Crippen molar-refractivity contribution in [3.63, 3.8) is 0 Å². The van der Waals surface area contributed by atoms with Crippen molar-refractivity contribution >= 4 is 22.8 Å². The molecule has 9 nitrogen and oxygen atoms in total. The standard InChI is InChI=1S/C26H29N5O4/c1-18-9-8-12-21(19(18)2)28(3)22(32)16-31-25(33)23-24(27-17-29(23)13-14-35-4)30(26(31)34)15-20-10-6-5-7-11-20/h5-12,17H,13-16H2,1-4H3. The minimum Gasteiger partial charge on any atom is -0.383 e. The van der Waals surface area contributed by atoms with E-state index in [9.17, 15) is 14.4 Å². The molecule has 0 aliphatic heterocycles. The molecular formula is C26H29N5O4. The molecule has 0 aliphatic carbocycles. The molecule has 4 aromatic rings. The van der Waals surface area contributed by atoms with Crippen molar-refractivity contribution in [3.8, 4) is 0 Å². The lowest BCUT2D eigenvalue weighted by atomic mass is 10.1. The predicted octanol–water partition coefficient (Wildman–Crippen LogP) is 2.33. The van der Waals surface area contributed by atoms with Gasteiger partial charge in [0, 0.05) is 26.4 Å². The number of carbonyl (C=O) groups is 1. The van der Waals surface area contributed by atoms with Gasteiger partial charge in [-0.05, 0) is 36.6 Å². The van der Waals surface area contributed by atoms with Gasteiger partial charge in [-0.15, -0.1) is 0 Å². The normalized spacial score (nSPS) is 11.2. The molecule has 0 spiro atoms. The molecular weight excluding hydrogens is 446 g/mol. The average molecular weight is 476 g/mol. The van der Waals surface area contributed by atoms with Crippen molar-refractivity contribution in [3.05, 3.63) is 92.4 Å². The van der Waals surface area contributed by atoms with Crippen LogP contribution in [0.15, 0.2) is 64.4 Å². The van der Waals surface area contributed by atoms with Crippen molar-refractivity contribution in [1.29, 1.82) is 0 Å². The van der Waals surface area contributed by atoms with Gasteiger partial charge in [-0.25, -0.2) is 14.3 Å². The number of anilines is 1. The van der Waals surface area contributed by atoms with Gasteiger partial charge in [0.05, 0.1) is 19.5 Å². The van der Waals surface area contributed by atoms with Crippen LogP contribution in [-0.4, -0.2) is 45.4 Å². The van der Waals surface area contributed by atoms with Crippen LogP contribution in [0.5, 0.6) is 0 Å². The molecule has 0 unspecified atom stereocenters. The second-order valence-corrected chi connectivity index (χ2v) is 8.52. The summed E-state index contributed by atoms with van der Waals surface area (Å²) in [5.74, 6) is -0.369. The lowest BCUT2D eigenvalue weighted by molar-refractivity contribution is -0.119. The van der Waals surface area contributed by atoms with Gasteiger partial charge in [-0.3, -0.25) is 14.2 Å². The van der Waals surface area contributed by atoms with E-state index in [0.717, 1.165) is 26.9 Å². The summed E-state index contributed by atoms with van der Waals surface area (Å²) < 4.78 is 9.27. The molecule has 0 aliphatic rings. The van der Waals surface area contributed by atoms with Gasteiger partial charge in [-0.2, -0.15) is 0 Å². The Morgan fingerprint density at radius 1 is 1.03 bits per heavy atom. The first kappa shape index (κ1) is 24.2. The minimum absolute atomic E-state index is 0.221. The van der Waals surface area contributed by atoms with Crippen LogP contribution in [0.1, 0.15) is 16.7 Å². The first-order valence-electron chi connectivity index (χ1n) is 11.4. The van der Waals surface area contributed by atoms with Gasteiger partial charge in [0.1, 0.15) is 6.54 Å². The quantitative estimate of drug-likeness (QED) is 0.390. The Hall–Kier alpha value is -3.98. The Labute approximate surface area is 202 Å². The number of fused-ring (bicyclic) bond motifs is 1. The van der Waals surface area contributed by atoms with Crippen LogP contribution < -0.4 is 16.1 Å². The number of nitrogens with zero attached hydrogens (tertiary/aromatic N) is 5. The number of benzene rings is 2. The van der Waals surface area contributed by atoms with E-state index >= 15 is 0 Å². The Balaban J connectivity index is 1.82. The van der Waals surface area contributed by atoms with E-state index in [2.05, 4.69) is 4.98 Å². The second-order valence-electron chi connectivity index (χ2n) is 8.52. The number of aromatic nitrogens is 4. The van der Waals surface area contributed by atoms with Crippen LogP contribution in [0.4, 0.5) is 5.69 Å². The van der Waals surface area contributed by atoms with Crippen LogP contribution >= 0.6 is 0 Å². The number of methoxy groups -OCH3 is 1. The van der Waals surface area contributed by atoms with Gasteiger partial charge in [-0.1, -0.05) is 42.5 Å². The maximum Gasteiger partial charge on any atom is 0.333 e. The topological polar surface area (TPSA) is 91.4 Å². The zero-order valence-corrected chi connectivity index (χ0v) is 20.4. The van der Waals surface area contributed by atoms with Crippen LogP contribution in [0.3, 0.4) is 0 Å². The summed E-state index contributed by atoms with van der Waals surface area (Å²) >= 11 is 0. The zero-order valence-electron chi connectivity index (χ0n) is 20.4. The van der Waals surface area contributed by atoms with E-state index in [1.807, 2.05) is 62.4 Å². The Morgan fingerprint density at radius 2 is 1.77 bits per heavy atom. The van der Waals surface area contributed by atoms with Gasteiger partial charge in [0.15, 0.2) is 11.2 Å². The number of hydrogen-bond donors (Lipinski definition) is 0. The number of likely N-dealkylation sites (N-methyl/N-ethyl adjacent to an activating group) is 1. The third-order valence-electron chi connectivity index (χ3n) is 6.31. The molecule has 0 radical (unpaired) electrons. The molecule has 35 heavy (non-hydrogen) atoms. The van der Waals surface area contributed by atoms with Crippen molar-refractivity contribution < 1.29 is 9.53 Å². The van der Waals surface area contributed by atoms with E-state index in [1.54, 1.807) is 18.7 Å². The van der Waals surface area contributed by atoms with Crippen molar-refractivity contribution in [2.45, 2.75) is 33.5 Å². The van der Waals surface area contributed by atoms with Crippen LogP contribution in [-0.2, 0) is 29.2 Å². The van der Waals surface area contributed by atoms with Crippen LogP contribution in [0.25, 0.3) is 11.2 Å². The SMILES string of the molecule is COCCn1cnc2c1c(=O)n(CC(=O)N(C)c1cccc(C)c1C)c(=O)n2Cc1ccccc1. The smallest absolute Gasteiger partial charge is 0.333 e. The summed E-state index contributed by atoms with van der Waals surface area (Å²) in [5.41, 5.74) is 3.05. The summed E-state index contributed by atoms with van der Waals surface area (Å²) in [6, 6.07) is 15.1. The molecule has 2 aromatic carbocycles. The number of rotatable bonds is 8. The van der Waals surface area contributed by atoms with Gasteiger partial charge >= 0.3 is 5.69 Å². The van der Waals surface area contributed by atoms with Crippen molar-refractivity contribution in [2.24, 2.45) is 0 Å². The lowest BCUT2D eigenvalue weighted by Crippen LogP contribution is -2.45. The van der Waals surface area contributed by atoms with Gasteiger partial charge in [0.25, 0.3) is 5.56 Å². The fraction of sp³-hybridized carbons (Fsp3) is 0.308. The van der Waals surface area contributed by atoms with Gasteiger partial charge < -0.3 is 14.2 Å². The Kier molecular flexibility index (Phi) is 6.97. The summed E-state index contributed by atoms with van der Waals surface area (Å²) in [6.07, 6.45) is 1.53. The summed E-state index contributed by atoms with van der Waals surface area (Å²) in [6.45, 7) is 4.51. The van der Waals surface area contributed by atoms with Crippen molar-refractivity contribution in [2.75, 3.05) is 25.7 Å². The summed E-state index contributed by atoms with van der Waals surface area (Å²) in [4.78, 5) is 46.1. The zero-order chi connectivity index (χ0) is 25.1. The highest BCUT2D eigenvalue weighted by molar-refractivity contribution is 5.93. The molecule has 2 aromatic heterocycles. The summed E-state index contributed by atoms with van der Waals surface area (Å²) in [5, 5.41) is 0. The minimum atomic E-state index is -0.578. The number of carbonyl (C=O) groups excluding carboxylic acids is 1. The molecule has 0 bridgehead atoms. The average Bonchev–Trinajstić information content (AvgIpc) is 3.28. The molecule has 2 heterocycles. The summed E-state index contributed by atoms with van der Waals surface area (Å²) in [7, 11) is 3.23. The number of ether oxygens (including phenoxy) is 1. The molecule has 0 N–H and O–H groups in total. The Morgan fingerprint density at radius 3 is 2.49 bits per heavy atom. The van der Waals surface area contributed by atoms with E-state index in [4.69, 9.17) is 4.74 Å². The van der Waals surface area contributed by atoms with Crippen LogP contribution in [0, 0.1) is 13.8 Å². The van der Waals surface area contributed by atoms with E-state index in [-0.39, 0.29) is 30.2 Å². The largest absolute Gasteiger partial charge is 0.383 e. The first-order valence-corrected chi connectivity index (χ1v) is 11.4. The number of imidazole rings is 1. The van der Waals surface area contributed by atoms with E-state index < -0.39 is 11.2 Å². The monoisotopic (exact) mass is 475 g/mol. The molecule has 1 amide bonds.